The lowest BCUT2D eigenvalue weighted by Gasteiger charge is -2.11. The summed E-state index contributed by atoms with van der Waals surface area (Å²) in [6.07, 6.45) is 0.619. The van der Waals surface area contributed by atoms with Crippen LogP contribution in [-0.4, -0.2) is 37.4 Å². The van der Waals surface area contributed by atoms with Crippen molar-refractivity contribution in [1.82, 2.24) is 4.90 Å². The molecule has 0 aliphatic heterocycles. The van der Waals surface area contributed by atoms with Crippen molar-refractivity contribution < 1.29 is 23.1 Å². The van der Waals surface area contributed by atoms with E-state index in [1.54, 1.807) is 68.7 Å². The zero-order valence-electron chi connectivity index (χ0n) is 16.9. The van der Waals surface area contributed by atoms with Crippen molar-refractivity contribution in [2.24, 2.45) is 0 Å². The first-order valence-electron chi connectivity index (χ1n) is 9.49. The summed E-state index contributed by atoms with van der Waals surface area (Å²) in [6.45, 7) is -0.0449. The maximum atomic E-state index is 13.8. The van der Waals surface area contributed by atoms with Crippen molar-refractivity contribution in [3.63, 3.8) is 0 Å². The fourth-order valence-electron chi connectivity index (χ4n) is 2.69. The number of likely N-dealkylation sites (N-methyl/N-ethyl adjacent to an activating group) is 1. The summed E-state index contributed by atoms with van der Waals surface area (Å²) in [6, 6.07) is 16.6. The van der Waals surface area contributed by atoms with Gasteiger partial charge in [-0.1, -0.05) is 12.1 Å². The van der Waals surface area contributed by atoms with Crippen molar-refractivity contribution in [3.8, 4) is 17.1 Å². The van der Waals surface area contributed by atoms with Gasteiger partial charge in [0.05, 0.1) is 5.56 Å². The predicted molar refractivity (Wildman–Crippen MR) is 112 cm³/mol. The summed E-state index contributed by atoms with van der Waals surface area (Å²) in [5.41, 5.74) is 1.01. The third-order valence-electron chi connectivity index (χ3n) is 4.40. The zero-order valence-corrected chi connectivity index (χ0v) is 16.9. The van der Waals surface area contributed by atoms with Gasteiger partial charge in [0.1, 0.15) is 23.1 Å². The lowest BCUT2D eigenvalue weighted by Crippen LogP contribution is -2.27. The van der Waals surface area contributed by atoms with Gasteiger partial charge in [-0.15, -0.1) is 0 Å². The lowest BCUT2D eigenvalue weighted by atomic mass is 10.1. The minimum atomic E-state index is -0.352. The third-order valence-corrected chi connectivity index (χ3v) is 4.40. The highest BCUT2D eigenvalue weighted by Gasteiger charge is 2.11. The van der Waals surface area contributed by atoms with Crippen molar-refractivity contribution in [2.75, 3.05) is 26.0 Å². The fourth-order valence-corrected chi connectivity index (χ4v) is 2.69. The Morgan fingerprint density at radius 3 is 2.47 bits per heavy atom. The van der Waals surface area contributed by atoms with E-state index in [0.29, 0.717) is 34.9 Å². The molecule has 0 unspecified atom stereocenters. The van der Waals surface area contributed by atoms with E-state index in [4.69, 9.17) is 9.15 Å². The lowest BCUT2D eigenvalue weighted by molar-refractivity contribution is -0.130. The average molecular weight is 410 g/mol. The van der Waals surface area contributed by atoms with E-state index >= 15 is 0 Å². The van der Waals surface area contributed by atoms with Crippen molar-refractivity contribution in [1.29, 1.82) is 0 Å². The van der Waals surface area contributed by atoms with Gasteiger partial charge in [0.2, 0.25) is 5.91 Å². The molecule has 6 nitrogen and oxygen atoms in total. The second kappa shape index (κ2) is 9.73. The summed E-state index contributed by atoms with van der Waals surface area (Å²) in [5.74, 6) is 0.928. The molecule has 0 aliphatic carbocycles. The molecule has 2 aromatic carbocycles. The van der Waals surface area contributed by atoms with E-state index < -0.39 is 0 Å². The van der Waals surface area contributed by atoms with Crippen molar-refractivity contribution >= 4 is 17.5 Å². The number of nitrogens with one attached hydrogen (secondary N) is 1. The number of halogens is 1. The molecule has 0 radical (unpaired) electrons. The van der Waals surface area contributed by atoms with Crippen LogP contribution in [0.5, 0.6) is 5.75 Å². The van der Waals surface area contributed by atoms with Gasteiger partial charge < -0.3 is 19.4 Å². The van der Waals surface area contributed by atoms with Crippen molar-refractivity contribution in [2.45, 2.75) is 12.8 Å². The predicted octanol–water partition coefficient (Wildman–Crippen LogP) is 4.12. The largest absolute Gasteiger partial charge is 0.484 e. The molecule has 0 bridgehead atoms. The summed E-state index contributed by atoms with van der Waals surface area (Å²) in [4.78, 5) is 25.2. The quantitative estimate of drug-likeness (QED) is 0.606. The average Bonchev–Trinajstić information content (AvgIpc) is 3.20. The van der Waals surface area contributed by atoms with Crippen LogP contribution in [0, 0.1) is 5.82 Å². The topological polar surface area (TPSA) is 71.8 Å². The van der Waals surface area contributed by atoms with Gasteiger partial charge in [0.15, 0.2) is 6.61 Å². The molecule has 7 heteroatoms. The van der Waals surface area contributed by atoms with Gasteiger partial charge in [0, 0.05) is 32.6 Å². The Labute approximate surface area is 174 Å². The molecule has 0 spiro atoms. The zero-order chi connectivity index (χ0) is 21.5. The van der Waals surface area contributed by atoms with Gasteiger partial charge in [-0.3, -0.25) is 9.59 Å². The number of anilines is 1. The van der Waals surface area contributed by atoms with Crippen LogP contribution in [0.2, 0.25) is 0 Å². The number of hydrogen-bond acceptors (Lipinski definition) is 4. The number of amides is 2. The first-order valence-corrected chi connectivity index (χ1v) is 9.49. The number of furan rings is 1. The number of benzene rings is 2. The van der Waals surface area contributed by atoms with E-state index in [1.165, 1.54) is 11.0 Å². The van der Waals surface area contributed by atoms with E-state index in [9.17, 15) is 14.0 Å². The summed E-state index contributed by atoms with van der Waals surface area (Å²) < 4.78 is 24.9. The van der Waals surface area contributed by atoms with Gasteiger partial charge in [-0.05, 0) is 48.5 Å². The molecule has 2 amide bonds. The van der Waals surface area contributed by atoms with E-state index in [1.807, 2.05) is 0 Å². The third kappa shape index (κ3) is 5.70. The highest BCUT2D eigenvalue weighted by molar-refractivity contribution is 5.90. The number of carbonyl (C=O) groups is 2. The Balaban J connectivity index is 1.48. The monoisotopic (exact) mass is 410 g/mol. The minimum absolute atomic E-state index is 0.0449. The van der Waals surface area contributed by atoms with E-state index in [-0.39, 0.29) is 30.7 Å². The van der Waals surface area contributed by atoms with Gasteiger partial charge in [-0.25, -0.2) is 4.39 Å². The molecule has 1 heterocycles. The van der Waals surface area contributed by atoms with Crippen LogP contribution in [0.3, 0.4) is 0 Å². The molecule has 3 aromatic rings. The molecule has 0 aliphatic rings. The molecule has 1 aromatic heterocycles. The Morgan fingerprint density at radius 1 is 1.03 bits per heavy atom. The Kier molecular flexibility index (Phi) is 6.85. The SMILES string of the molecule is CN(C)C(=O)COc1ccc(NC(=O)CCc2ccc(-c3ccccc3F)o2)cc1. The number of carbonyl (C=O) groups excluding carboxylic acids is 2. The molecule has 3 rings (SSSR count). The summed E-state index contributed by atoms with van der Waals surface area (Å²) in [5, 5.41) is 2.80. The molecule has 156 valence electrons. The Morgan fingerprint density at radius 2 is 1.77 bits per heavy atom. The highest BCUT2D eigenvalue weighted by atomic mass is 19.1. The van der Waals surface area contributed by atoms with Crippen LogP contribution in [0.15, 0.2) is 65.1 Å². The van der Waals surface area contributed by atoms with Crippen molar-refractivity contribution in [3.05, 3.63) is 72.2 Å². The summed E-state index contributed by atoms with van der Waals surface area (Å²) in [7, 11) is 3.32. The molecule has 30 heavy (non-hydrogen) atoms. The number of hydrogen-bond donors (Lipinski definition) is 1. The van der Waals surface area contributed by atoms with E-state index in [0.717, 1.165) is 0 Å². The molecular formula is C23H23FN2O4. The second-order valence-electron chi connectivity index (χ2n) is 6.90. The number of rotatable bonds is 8. The van der Waals surface area contributed by atoms with Crippen LogP contribution in [-0.2, 0) is 16.0 Å². The van der Waals surface area contributed by atoms with Crippen LogP contribution in [0.25, 0.3) is 11.3 Å². The van der Waals surface area contributed by atoms with Crippen LogP contribution < -0.4 is 10.1 Å². The first kappa shape index (κ1) is 21.1. The number of ether oxygens (including phenoxy) is 1. The maximum Gasteiger partial charge on any atom is 0.259 e. The van der Waals surface area contributed by atoms with Crippen LogP contribution in [0.1, 0.15) is 12.2 Å². The second-order valence-corrected chi connectivity index (χ2v) is 6.90. The number of aryl methyl sites for hydroxylation is 1. The first-order chi connectivity index (χ1) is 14.4. The van der Waals surface area contributed by atoms with Crippen LogP contribution >= 0.6 is 0 Å². The Bertz CT molecular complexity index is 1010. The molecule has 1 N–H and O–H groups in total. The van der Waals surface area contributed by atoms with Gasteiger partial charge in [-0.2, -0.15) is 0 Å². The van der Waals surface area contributed by atoms with Gasteiger partial charge in [0.25, 0.3) is 5.91 Å². The normalized spacial score (nSPS) is 10.5. The van der Waals surface area contributed by atoms with Gasteiger partial charge >= 0.3 is 0 Å². The molecule has 0 saturated carbocycles. The van der Waals surface area contributed by atoms with E-state index in [2.05, 4.69) is 5.32 Å². The maximum absolute atomic E-state index is 13.8. The fraction of sp³-hybridized carbons (Fsp3) is 0.217. The number of nitrogens with zero attached hydrogens (tertiary/aromatic N) is 1. The molecule has 0 fully saturated rings. The smallest absolute Gasteiger partial charge is 0.259 e. The summed E-state index contributed by atoms with van der Waals surface area (Å²) >= 11 is 0. The van der Waals surface area contributed by atoms with Crippen LogP contribution in [0.4, 0.5) is 10.1 Å². The highest BCUT2D eigenvalue weighted by Crippen LogP contribution is 2.25. The Hall–Kier alpha value is -3.61. The molecular weight excluding hydrogens is 387 g/mol. The standard InChI is InChI=1S/C23H23FN2O4/c1-26(2)23(28)15-29-17-9-7-16(8-10-17)25-22(27)14-12-18-11-13-21(30-18)19-5-3-4-6-20(19)24/h3-11,13H,12,14-15H2,1-2H3,(H,25,27). The molecule has 0 atom stereocenters. The molecule has 0 saturated heterocycles. The minimum Gasteiger partial charge on any atom is -0.484 e.